The molecule has 0 bridgehead atoms. The number of rotatable bonds is 2. The zero-order valence-electron chi connectivity index (χ0n) is 6.10. The summed E-state index contributed by atoms with van der Waals surface area (Å²) in [4.78, 5) is 26.9. The molecule has 4 nitrogen and oxygen atoms in total. The third kappa shape index (κ3) is 2.83. The lowest BCUT2D eigenvalue weighted by atomic mass is 10.7. The summed E-state index contributed by atoms with van der Waals surface area (Å²) < 4.78 is 0. The maximum atomic E-state index is 9.88. The fourth-order valence-electron chi connectivity index (χ4n) is 0.750. The lowest BCUT2D eigenvalue weighted by Gasteiger charge is -2.19. The number of isocyanates is 2. The molecule has 2 atom stereocenters. The Balaban J connectivity index is 2.38. The van der Waals surface area contributed by atoms with Crippen LogP contribution in [0.3, 0.4) is 0 Å². The van der Waals surface area contributed by atoms with Gasteiger partial charge >= 0.3 is 0 Å². The van der Waals surface area contributed by atoms with Gasteiger partial charge in [0.05, 0.1) is 0 Å². The van der Waals surface area contributed by atoms with E-state index in [2.05, 4.69) is 9.98 Å². The summed E-state index contributed by atoms with van der Waals surface area (Å²) in [6, 6.07) is 0. The van der Waals surface area contributed by atoms with Crippen molar-refractivity contribution in [2.45, 2.75) is 10.7 Å². The second-order valence-corrected chi connectivity index (χ2v) is 4.44. The number of aliphatic imine (C=N–C) groups is 2. The first-order valence-corrected chi connectivity index (χ1v) is 5.33. The van der Waals surface area contributed by atoms with Crippen LogP contribution in [0.5, 0.6) is 0 Å². The second kappa shape index (κ2) is 5.17. The summed E-state index contributed by atoms with van der Waals surface area (Å²) in [5.74, 6) is 1.41. The fraction of sp³-hybridized carbons (Fsp3) is 0.667. The van der Waals surface area contributed by atoms with Crippen molar-refractivity contribution in [3.63, 3.8) is 0 Å². The van der Waals surface area contributed by atoms with Gasteiger partial charge in [-0.15, -0.1) is 23.5 Å². The average Bonchev–Trinajstić information content (AvgIpc) is 2.09. The lowest BCUT2D eigenvalue weighted by Crippen LogP contribution is -2.18. The van der Waals surface area contributed by atoms with Crippen LogP contribution in [0, 0.1) is 0 Å². The summed E-state index contributed by atoms with van der Waals surface area (Å²) in [6.07, 6.45) is 3.03. The van der Waals surface area contributed by atoms with Crippen molar-refractivity contribution in [2.75, 3.05) is 11.5 Å². The maximum Gasteiger partial charge on any atom is 0.236 e. The molecule has 0 aromatic heterocycles. The minimum absolute atomic E-state index is 0.0226. The van der Waals surface area contributed by atoms with E-state index in [1.54, 1.807) is 0 Å². The Morgan fingerprint density at radius 1 is 1.00 bits per heavy atom. The van der Waals surface area contributed by atoms with E-state index in [0.717, 1.165) is 0 Å². The number of carbonyl (C=O) groups excluding carboxylic acids is 2. The van der Waals surface area contributed by atoms with Gasteiger partial charge in [0.25, 0.3) is 0 Å². The molecular weight excluding hydrogens is 196 g/mol. The van der Waals surface area contributed by atoms with Gasteiger partial charge in [-0.25, -0.2) is 9.59 Å². The molecule has 0 radical (unpaired) electrons. The van der Waals surface area contributed by atoms with Crippen LogP contribution in [0.2, 0.25) is 0 Å². The Labute approximate surface area is 77.9 Å². The van der Waals surface area contributed by atoms with Crippen LogP contribution < -0.4 is 0 Å². The summed E-state index contributed by atoms with van der Waals surface area (Å²) in [7, 11) is 0. The Bertz CT molecular complexity index is 212. The van der Waals surface area contributed by atoms with E-state index in [1.165, 1.54) is 35.7 Å². The predicted octanol–water partition coefficient (Wildman–Crippen LogP) is 0.790. The molecule has 12 heavy (non-hydrogen) atoms. The summed E-state index contributed by atoms with van der Waals surface area (Å²) in [5.41, 5.74) is 0. The number of thioether (sulfide) groups is 2. The third-order valence-electron chi connectivity index (χ3n) is 1.26. The van der Waals surface area contributed by atoms with Crippen LogP contribution in [0.25, 0.3) is 0 Å². The van der Waals surface area contributed by atoms with Crippen LogP contribution in [0.1, 0.15) is 0 Å². The predicted molar refractivity (Wildman–Crippen MR) is 48.7 cm³/mol. The minimum Gasteiger partial charge on any atom is -0.211 e. The van der Waals surface area contributed by atoms with Crippen molar-refractivity contribution in [2.24, 2.45) is 9.98 Å². The topological polar surface area (TPSA) is 58.9 Å². The van der Waals surface area contributed by atoms with Gasteiger partial charge in [-0.3, -0.25) is 0 Å². The van der Waals surface area contributed by atoms with Crippen molar-refractivity contribution in [3.8, 4) is 0 Å². The van der Waals surface area contributed by atoms with Crippen LogP contribution in [-0.2, 0) is 9.59 Å². The molecule has 0 saturated carbocycles. The lowest BCUT2D eigenvalue weighted by molar-refractivity contribution is 0.561. The molecule has 64 valence electrons. The van der Waals surface area contributed by atoms with Crippen molar-refractivity contribution < 1.29 is 9.59 Å². The average molecular weight is 202 g/mol. The number of hydrogen-bond donors (Lipinski definition) is 0. The molecule has 0 aromatic carbocycles. The third-order valence-corrected chi connectivity index (χ3v) is 4.01. The van der Waals surface area contributed by atoms with Gasteiger partial charge < -0.3 is 0 Å². The maximum absolute atomic E-state index is 9.88. The van der Waals surface area contributed by atoms with Crippen LogP contribution in [-0.4, -0.2) is 34.4 Å². The molecule has 1 rings (SSSR count). The van der Waals surface area contributed by atoms with Crippen molar-refractivity contribution in [1.82, 2.24) is 0 Å². The summed E-state index contributed by atoms with van der Waals surface area (Å²) in [6.45, 7) is 0. The van der Waals surface area contributed by atoms with Gasteiger partial charge in [0.15, 0.2) is 0 Å². The van der Waals surface area contributed by atoms with Gasteiger partial charge in [-0.05, 0) is 0 Å². The molecule has 1 aliphatic rings. The number of nitrogens with zero attached hydrogens (tertiary/aromatic N) is 2. The smallest absolute Gasteiger partial charge is 0.211 e. The van der Waals surface area contributed by atoms with Crippen molar-refractivity contribution >= 4 is 35.7 Å². The van der Waals surface area contributed by atoms with Crippen LogP contribution >= 0.6 is 23.5 Å². The first kappa shape index (κ1) is 9.55. The van der Waals surface area contributed by atoms with Crippen LogP contribution in [0.4, 0.5) is 0 Å². The van der Waals surface area contributed by atoms with Gasteiger partial charge in [0, 0.05) is 11.5 Å². The molecule has 0 aliphatic carbocycles. The van der Waals surface area contributed by atoms with E-state index >= 15 is 0 Å². The van der Waals surface area contributed by atoms with E-state index in [-0.39, 0.29) is 10.7 Å². The highest BCUT2D eigenvalue weighted by Gasteiger charge is 2.20. The Hall–Kier alpha value is -0.540. The van der Waals surface area contributed by atoms with Crippen molar-refractivity contribution in [3.05, 3.63) is 0 Å². The standard InChI is InChI=1S/C6H6N2O2S2/c9-3-7-5-1-11-6(2-12-5)8-4-10/h5-6H,1-2H2. The fourth-order valence-corrected chi connectivity index (χ4v) is 3.15. The molecule has 6 heteroatoms. The van der Waals surface area contributed by atoms with E-state index < -0.39 is 0 Å². The normalized spacial score (nSPS) is 28.3. The Kier molecular flexibility index (Phi) is 4.11. The highest BCUT2D eigenvalue weighted by Crippen LogP contribution is 2.30. The summed E-state index contributed by atoms with van der Waals surface area (Å²) in [5, 5.41) is -0.0452. The molecule has 0 aromatic rings. The van der Waals surface area contributed by atoms with Gasteiger partial charge in [0.1, 0.15) is 10.7 Å². The number of hydrogen-bond acceptors (Lipinski definition) is 6. The molecular formula is C6H6N2O2S2. The Morgan fingerprint density at radius 2 is 1.42 bits per heavy atom. The molecule has 2 unspecified atom stereocenters. The SMILES string of the molecule is O=C=NC1CSC(N=C=O)CS1. The highest BCUT2D eigenvalue weighted by molar-refractivity contribution is 8.07. The zero-order chi connectivity index (χ0) is 8.81. The van der Waals surface area contributed by atoms with Crippen molar-refractivity contribution in [1.29, 1.82) is 0 Å². The monoisotopic (exact) mass is 202 g/mol. The van der Waals surface area contributed by atoms with Gasteiger partial charge in [0.2, 0.25) is 12.2 Å². The van der Waals surface area contributed by atoms with E-state index in [1.807, 2.05) is 0 Å². The second-order valence-electron chi connectivity index (χ2n) is 2.02. The molecule has 1 heterocycles. The first-order valence-electron chi connectivity index (χ1n) is 3.24. The Morgan fingerprint density at radius 3 is 1.67 bits per heavy atom. The van der Waals surface area contributed by atoms with E-state index in [0.29, 0.717) is 11.5 Å². The molecule has 1 saturated heterocycles. The van der Waals surface area contributed by atoms with Crippen LogP contribution in [0.15, 0.2) is 9.98 Å². The van der Waals surface area contributed by atoms with E-state index in [4.69, 9.17) is 0 Å². The first-order chi connectivity index (χ1) is 5.86. The molecule has 0 N–H and O–H groups in total. The zero-order valence-corrected chi connectivity index (χ0v) is 7.73. The molecule has 0 spiro atoms. The molecule has 0 amide bonds. The van der Waals surface area contributed by atoms with Gasteiger partial charge in [-0.1, -0.05) is 0 Å². The minimum atomic E-state index is -0.0226. The largest absolute Gasteiger partial charge is 0.236 e. The van der Waals surface area contributed by atoms with E-state index in [9.17, 15) is 9.59 Å². The summed E-state index contributed by atoms with van der Waals surface area (Å²) >= 11 is 3.03. The quantitative estimate of drug-likeness (QED) is 0.490. The molecule has 1 fully saturated rings. The molecule has 1 aliphatic heterocycles. The highest BCUT2D eigenvalue weighted by atomic mass is 32.2. The van der Waals surface area contributed by atoms with Gasteiger partial charge in [-0.2, -0.15) is 9.98 Å².